The zero-order valence-corrected chi connectivity index (χ0v) is 67.1. The number of hydrogen-bond acceptors (Lipinski definition) is 2. The first kappa shape index (κ1) is 69.3. The van der Waals surface area contributed by atoms with Crippen molar-refractivity contribution in [1.82, 2.24) is 37.4 Å². The second-order valence-corrected chi connectivity index (χ2v) is 32.8. The van der Waals surface area contributed by atoms with Crippen LogP contribution in [0.1, 0.15) is 0 Å². The van der Waals surface area contributed by atoms with Gasteiger partial charge < -0.3 is 27.4 Å². The van der Waals surface area contributed by atoms with E-state index in [1.807, 2.05) is 0 Å². The van der Waals surface area contributed by atoms with Crippen molar-refractivity contribution in [2.24, 2.45) is 0 Å². The highest BCUT2D eigenvalue weighted by Gasteiger charge is 2.24. The molecule has 19 aromatic carbocycles. The van der Waals surface area contributed by atoms with E-state index in [2.05, 4.69) is 464 Å². The van der Waals surface area contributed by atoms with Gasteiger partial charge in [-0.25, -0.2) is 9.97 Å². The molecule has 0 aliphatic carbocycles. The zero-order valence-electron chi connectivity index (χ0n) is 67.1. The van der Waals surface area contributed by atoms with Crippen molar-refractivity contribution >= 4 is 142 Å². The molecule has 0 spiro atoms. The highest BCUT2D eigenvalue weighted by Crippen LogP contribution is 2.46. The van der Waals surface area contributed by atoms with Crippen molar-refractivity contribution in [3.63, 3.8) is 0 Å². The molecule has 0 unspecified atom stereocenters. The van der Waals surface area contributed by atoms with Crippen molar-refractivity contribution in [2.45, 2.75) is 0 Å². The summed E-state index contributed by atoms with van der Waals surface area (Å²) in [6.07, 6.45) is 0. The van der Waals surface area contributed by atoms with Crippen LogP contribution in [0.4, 0.5) is 0 Å². The molecule has 7 heterocycles. The van der Waals surface area contributed by atoms with Gasteiger partial charge in [0.1, 0.15) is 0 Å². The maximum absolute atomic E-state index is 5.56. The SMILES string of the molecule is c1ccc(-n2c3ccccc3c3cc(-c4ccc5c(c4)c4cc(-c6ccc7c(c6)c6ccccc6n7-c6ccccc6)ccc4n5-c4ccc(-c5nc(-c6ccc(-n7c8ccc(-c9ccc%10c(c9)c9ccccc9n%10-c9ccccc9)cc8c8cc(-c9ccc%10c(c9)c9ccccc9n%10-c9ccccc9)ccc87)cc6)c6ccccc6n5)cc4)ccc32)cc1. The van der Waals surface area contributed by atoms with Gasteiger partial charge in [-0.2, -0.15) is 0 Å². The van der Waals surface area contributed by atoms with Crippen molar-refractivity contribution in [3.8, 4) is 101 Å². The van der Waals surface area contributed by atoms with Gasteiger partial charge in [-0.3, -0.25) is 0 Å². The number of rotatable bonds is 12. The molecular formula is C116H72N8. The third kappa shape index (κ3) is 10.8. The van der Waals surface area contributed by atoms with Crippen molar-refractivity contribution in [1.29, 1.82) is 0 Å². The van der Waals surface area contributed by atoms with Crippen LogP contribution in [0.15, 0.2) is 437 Å². The van der Waals surface area contributed by atoms with Gasteiger partial charge in [-0.05, 0) is 257 Å². The van der Waals surface area contributed by atoms with E-state index in [0.29, 0.717) is 5.82 Å². The molecule has 0 aliphatic heterocycles. The lowest BCUT2D eigenvalue weighted by atomic mass is 9.98. The minimum Gasteiger partial charge on any atom is -0.309 e. The quantitative estimate of drug-likeness (QED) is 0.122. The van der Waals surface area contributed by atoms with E-state index in [0.717, 1.165) is 128 Å². The van der Waals surface area contributed by atoms with Gasteiger partial charge in [0.15, 0.2) is 5.82 Å². The van der Waals surface area contributed by atoms with Crippen LogP contribution in [0.25, 0.3) is 243 Å². The van der Waals surface area contributed by atoms with Gasteiger partial charge in [0, 0.05) is 115 Å². The summed E-state index contributed by atoms with van der Waals surface area (Å²) in [4.78, 5) is 10.9. The van der Waals surface area contributed by atoms with Crippen LogP contribution < -0.4 is 0 Å². The molecule has 0 saturated carbocycles. The Bertz CT molecular complexity index is 8460. The van der Waals surface area contributed by atoms with Crippen molar-refractivity contribution < 1.29 is 0 Å². The minimum absolute atomic E-state index is 0.657. The molecule has 0 fully saturated rings. The Morgan fingerprint density at radius 3 is 0.589 bits per heavy atom. The number of aromatic nitrogens is 8. The standard InChI is InChI=1S/C116H72N8/c1-5-23-83(24-6-1)119-103-37-19-14-31-89(103)94-65-75(45-57-107(94)119)79-49-61-111-98(69-79)99-70-80(76-46-58-108-95(66-76)90-32-15-20-38-104(90)120(108)84-25-7-2-8-26-84)50-62-112(99)123(111)87-53-41-73(42-54-87)115-93-35-13-18-36-102(93)117-116(118-115)74-43-55-88(56-44-74)124-113-63-51-81(77-47-59-109-96(67-77)91-33-16-21-39-105(91)121(109)85-27-9-3-10-28-85)71-100(113)101-72-82(52-64-114(101)124)78-48-60-110-97(68-78)92-34-17-22-40-106(92)122(110)86-29-11-4-12-30-86/h1-72H. The predicted octanol–water partition coefficient (Wildman–Crippen LogP) is 30.2. The summed E-state index contributed by atoms with van der Waals surface area (Å²) in [6.45, 7) is 0. The van der Waals surface area contributed by atoms with Crippen LogP contribution in [-0.4, -0.2) is 37.4 Å². The Morgan fingerprint density at radius 2 is 0.323 bits per heavy atom. The van der Waals surface area contributed by atoms with Crippen molar-refractivity contribution in [3.05, 3.63) is 437 Å². The number of benzene rings is 19. The lowest BCUT2D eigenvalue weighted by molar-refractivity contribution is 1.17. The van der Waals surface area contributed by atoms with E-state index < -0.39 is 0 Å². The summed E-state index contributed by atoms with van der Waals surface area (Å²) in [7, 11) is 0. The van der Waals surface area contributed by atoms with Gasteiger partial charge in [0.25, 0.3) is 0 Å². The highest BCUT2D eigenvalue weighted by atomic mass is 15.0. The highest BCUT2D eigenvalue weighted by molar-refractivity contribution is 6.18. The monoisotopic (exact) mass is 1580 g/mol. The summed E-state index contributed by atoms with van der Waals surface area (Å²) in [5, 5.41) is 15.5. The molecule has 0 atom stereocenters. The van der Waals surface area contributed by atoms with Crippen LogP contribution in [-0.2, 0) is 0 Å². The van der Waals surface area contributed by atoms with E-state index in [9.17, 15) is 0 Å². The topological polar surface area (TPSA) is 55.4 Å². The zero-order chi connectivity index (χ0) is 81.2. The molecule has 8 heteroatoms. The number of nitrogens with zero attached hydrogens (tertiary/aromatic N) is 8. The molecule has 0 bridgehead atoms. The van der Waals surface area contributed by atoms with Gasteiger partial charge >= 0.3 is 0 Å². The lowest BCUT2D eigenvalue weighted by Gasteiger charge is -2.13. The first-order chi connectivity index (χ1) is 61.5. The van der Waals surface area contributed by atoms with E-state index in [1.165, 1.54) is 109 Å². The average molecular weight is 1580 g/mol. The molecule has 0 saturated heterocycles. The van der Waals surface area contributed by atoms with Crippen LogP contribution in [0.3, 0.4) is 0 Å². The van der Waals surface area contributed by atoms with Gasteiger partial charge in [0.2, 0.25) is 0 Å². The maximum Gasteiger partial charge on any atom is 0.160 e. The van der Waals surface area contributed by atoms with E-state index in [-0.39, 0.29) is 0 Å². The van der Waals surface area contributed by atoms with Crippen molar-refractivity contribution in [2.75, 3.05) is 0 Å². The van der Waals surface area contributed by atoms with E-state index >= 15 is 0 Å². The summed E-state index contributed by atoms with van der Waals surface area (Å²) in [5.41, 5.74) is 33.5. The molecule has 0 N–H and O–H groups in total. The fraction of sp³-hybridized carbons (Fsp3) is 0. The molecule has 576 valence electrons. The van der Waals surface area contributed by atoms with Crippen LogP contribution >= 0.6 is 0 Å². The Morgan fingerprint density at radius 1 is 0.129 bits per heavy atom. The summed E-state index contributed by atoms with van der Waals surface area (Å²) >= 11 is 0. The summed E-state index contributed by atoms with van der Waals surface area (Å²) in [5.74, 6) is 0.657. The summed E-state index contributed by atoms with van der Waals surface area (Å²) in [6, 6.07) is 160. The third-order valence-corrected chi connectivity index (χ3v) is 26.0. The molecular weight excluding hydrogens is 1510 g/mol. The molecule has 0 radical (unpaired) electrons. The maximum atomic E-state index is 5.56. The van der Waals surface area contributed by atoms with Crippen LogP contribution in [0.5, 0.6) is 0 Å². The first-order valence-corrected chi connectivity index (χ1v) is 42.5. The van der Waals surface area contributed by atoms with E-state index in [4.69, 9.17) is 9.97 Å². The number of fused-ring (bicyclic) bond motifs is 19. The molecule has 26 aromatic rings. The Hall–Kier alpha value is -16.7. The number of hydrogen-bond donors (Lipinski definition) is 0. The largest absolute Gasteiger partial charge is 0.309 e. The van der Waals surface area contributed by atoms with Gasteiger partial charge in [-0.15, -0.1) is 0 Å². The third-order valence-electron chi connectivity index (χ3n) is 26.0. The van der Waals surface area contributed by atoms with Crippen LogP contribution in [0, 0.1) is 0 Å². The predicted molar refractivity (Wildman–Crippen MR) is 518 cm³/mol. The molecule has 7 aromatic heterocycles. The fourth-order valence-corrected chi connectivity index (χ4v) is 20.3. The lowest BCUT2D eigenvalue weighted by Crippen LogP contribution is -1.98. The average Bonchev–Trinajstić information content (AvgIpc) is 1.58. The Kier molecular flexibility index (Phi) is 15.3. The smallest absolute Gasteiger partial charge is 0.160 e. The minimum atomic E-state index is 0.657. The first-order valence-electron chi connectivity index (χ1n) is 42.5. The second-order valence-electron chi connectivity index (χ2n) is 32.8. The van der Waals surface area contributed by atoms with E-state index in [1.54, 1.807) is 0 Å². The molecule has 26 rings (SSSR count). The van der Waals surface area contributed by atoms with Gasteiger partial charge in [0.05, 0.1) is 77.4 Å². The number of para-hydroxylation sites is 9. The Balaban J connectivity index is 0.583. The second kappa shape index (κ2) is 27.4. The van der Waals surface area contributed by atoms with Gasteiger partial charge in [-0.1, -0.05) is 224 Å². The molecule has 0 amide bonds. The summed E-state index contributed by atoms with van der Waals surface area (Å²) < 4.78 is 14.4. The normalized spacial score (nSPS) is 12.0. The molecule has 0 aliphatic rings. The molecule has 8 nitrogen and oxygen atoms in total. The molecule has 124 heavy (non-hydrogen) atoms. The van der Waals surface area contributed by atoms with Crippen LogP contribution in [0.2, 0.25) is 0 Å². The Labute approximate surface area is 712 Å². The fourth-order valence-electron chi connectivity index (χ4n) is 20.3.